The van der Waals surface area contributed by atoms with Crippen molar-refractivity contribution in [2.45, 2.75) is 27.7 Å². The van der Waals surface area contributed by atoms with E-state index in [0.717, 1.165) is 40.9 Å². The van der Waals surface area contributed by atoms with Crippen LogP contribution in [-0.2, 0) is 0 Å². The molecular weight excluding hydrogens is 406 g/mol. The number of hydrogen-bond acceptors (Lipinski definition) is 6. The molecule has 0 spiro atoms. The number of aromatic nitrogens is 3. The summed E-state index contributed by atoms with van der Waals surface area (Å²) < 4.78 is 1.09. The minimum Gasteiger partial charge on any atom is -0.302 e. The maximum atomic E-state index is 13.6. The molecule has 0 N–H and O–H groups in total. The van der Waals surface area contributed by atoms with E-state index in [1.165, 1.54) is 5.56 Å². The highest BCUT2D eigenvalue weighted by atomic mass is 32.1. The number of amides is 1. The Bertz CT molecular complexity index is 1230. The monoisotopic (exact) mass is 433 g/mol. The fraction of sp³-hybridized carbons (Fsp3) is 0.333. The van der Waals surface area contributed by atoms with E-state index in [4.69, 9.17) is 4.98 Å². The highest BCUT2D eigenvalue weighted by molar-refractivity contribution is 7.22. The Morgan fingerprint density at radius 1 is 0.968 bits per heavy atom. The number of para-hydroxylation sites is 2. The van der Waals surface area contributed by atoms with Gasteiger partial charge in [0, 0.05) is 13.1 Å². The fourth-order valence-electron chi connectivity index (χ4n) is 3.59. The SMILES string of the molecule is CCN(CC)CCN(C(=O)c1cnc2ccccc2n1)c1nc2c(C)c(C)ccc2s1. The molecule has 7 heteroatoms. The van der Waals surface area contributed by atoms with Gasteiger partial charge in [-0.15, -0.1) is 0 Å². The van der Waals surface area contributed by atoms with Gasteiger partial charge >= 0.3 is 0 Å². The number of fused-ring (bicyclic) bond motifs is 2. The summed E-state index contributed by atoms with van der Waals surface area (Å²) in [4.78, 5) is 31.5. The molecule has 0 atom stereocenters. The molecule has 0 bridgehead atoms. The third kappa shape index (κ3) is 4.29. The third-order valence-corrected chi connectivity index (χ3v) is 6.80. The van der Waals surface area contributed by atoms with E-state index in [1.807, 2.05) is 24.3 Å². The van der Waals surface area contributed by atoms with E-state index < -0.39 is 0 Å². The van der Waals surface area contributed by atoms with Crippen LogP contribution < -0.4 is 4.90 Å². The lowest BCUT2D eigenvalue weighted by atomic mass is 10.1. The number of nitrogens with zero attached hydrogens (tertiary/aromatic N) is 5. The molecule has 0 radical (unpaired) electrons. The predicted octanol–water partition coefficient (Wildman–Crippen LogP) is 4.84. The molecule has 1 amide bonds. The van der Waals surface area contributed by atoms with Crippen molar-refractivity contribution in [2.24, 2.45) is 0 Å². The van der Waals surface area contributed by atoms with Gasteiger partial charge in [0.25, 0.3) is 5.91 Å². The molecule has 0 aliphatic rings. The van der Waals surface area contributed by atoms with Crippen LogP contribution in [0.1, 0.15) is 35.5 Å². The quantitative estimate of drug-likeness (QED) is 0.417. The number of hydrogen-bond donors (Lipinski definition) is 0. The Labute approximate surface area is 186 Å². The molecule has 0 aliphatic carbocycles. The summed E-state index contributed by atoms with van der Waals surface area (Å²) in [5.41, 5.74) is 5.15. The molecule has 4 rings (SSSR count). The van der Waals surface area contributed by atoms with Crippen LogP contribution in [0.5, 0.6) is 0 Å². The molecule has 0 saturated carbocycles. The Kier molecular flexibility index (Phi) is 6.25. The van der Waals surface area contributed by atoms with E-state index in [2.05, 4.69) is 54.7 Å². The van der Waals surface area contributed by atoms with Gasteiger partial charge in [-0.3, -0.25) is 14.7 Å². The molecule has 31 heavy (non-hydrogen) atoms. The second kappa shape index (κ2) is 9.08. The van der Waals surface area contributed by atoms with Crippen LogP contribution in [0, 0.1) is 13.8 Å². The summed E-state index contributed by atoms with van der Waals surface area (Å²) in [5.74, 6) is -0.168. The molecule has 160 valence electrons. The molecule has 6 nitrogen and oxygen atoms in total. The Balaban J connectivity index is 1.74. The number of likely N-dealkylation sites (N-methyl/N-ethyl adjacent to an activating group) is 1. The number of carbonyl (C=O) groups is 1. The van der Waals surface area contributed by atoms with Crippen molar-refractivity contribution in [3.05, 3.63) is 59.4 Å². The summed E-state index contributed by atoms with van der Waals surface area (Å²) in [6.45, 7) is 11.6. The van der Waals surface area contributed by atoms with Crippen LogP contribution in [-0.4, -0.2) is 51.9 Å². The maximum absolute atomic E-state index is 13.6. The van der Waals surface area contributed by atoms with E-state index >= 15 is 0 Å². The molecule has 2 aromatic carbocycles. The van der Waals surface area contributed by atoms with Crippen molar-refractivity contribution in [3.63, 3.8) is 0 Å². The second-order valence-electron chi connectivity index (χ2n) is 7.58. The van der Waals surface area contributed by atoms with Gasteiger partial charge in [0.15, 0.2) is 5.13 Å². The summed E-state index contributed by atoms with van der Waals surface area (Å²) in [7, 11) is 0. The van der Waals surface area contributed by atoms with Crippen molar-refractivity contribution in [1.29, 1.82) is 0 Å². The zero-order valence-electron chi connectivity index (χ0n) is 18.4. The van der Waals surface area contributed by atoms with Crippen molar-refractivity contribution in [2.75, 3.05) is 31.1 Å². The Hall–Kier alpha value is -2.90. The third-order valence-electron chi connectivity index (χ3n) is 5.75. The fourth-order valence-corrected chi connectivity index (χ4v) is 4.64. The van der Waals surface area contributed by atoms with Gasteiger partial charge in [-0.05, 0) is 56.3 Å². The lowest BCUT2D eigenvalue weighted by molar-refractivity contribution is 0.0979. The van der Waals surface area contributed by atoms with Gasteiger partial charge in [0.1, 0.15) is 5.69 Å². The summed E-state index contributed by atoms with van der Waals surface area (Å²) in [5, 5.41) is 0.704. The van der Waals surface area contributed by atoms with E-state index in [-0.39, 0.29) is 5.91 Å². The first-order valence-corrected chi connectivity index (χ1v) is 11.5. The number of rotatable bonds is 7. The average Bonchev–Trinajstić information content (AvgIpc) is 3.23. The zero-order chi connectivity index (χ0) is 22.0. The first-order chi connectivity index (χ1) is 15.0. The topological polar surface area (TPSA) is 62.2 Å². The van der Waals surface area contributed by atoms with E-state index in [1.54, 1.807) is 22.4 Å². The Morgan fingerprint density at radius 2 is 1.71 bits per heavy atom. The molecule has 0 aliphatic heterocycles. The van der Waals surface area contributed by atoms with Crippen molar-refractivity contribution in [3.8, 4) is 0 Å². The summed E-state index contributed by atoms with van der Waals surface area (Å²) >= 11 is 1.55. The zero-order valence-corrected chi connectivity index (χ0v) is 19.2. The number of thiazole rings is 1. The van der Waals surface area contributed by atoms with Crippen LogP contribution in [0.2, 0.25) is 0 Å². The standard InChI is InChI=1S/C24H27N5OS/c1-5-28(6-2)13-14-29(24-27-22-17(4)16(3)11-12-21(22)31-24)23(30)20-15-25-18-9-7-8-10-19(18)26-20/h7-12,15H,5-6,13-14H2,1-4H3. The van der Waals surface area contributed by atoms with Crippen LogP contribution in [0.15, 0.2) is 42.6 Å². The second-order valence-corrected chi connectivity index (χ2v) is 8.59. The molecule has 4 aromatic rings. The largest absolute Gasteiger partial charge is 0.302 e. The van der Waals surface area contributed by atoms with Crippen LogP contribution in [0.25, 0.3) is 21.3 Å². The van der Waals surface area contributed by atoms with Crippen LogP contribution >= 0.6 is 11.3 Å². The highest BCUT2D eigenvalue weighted by Crippen LogP contribution is 2.32. The highest BCUT2D eigenvalue weighted by Gasteiger charge is 2.24. The predicted molar refractivity (Wildman–Crippen MR) is 128 cm³/mol. The first-order valence-electron chi connectivity index (χ1n) is 10.6. The normalized spacial score (nSPS) is 11.5. The Morgan fingerprint density at radius 3 is 2.45 bits per heavy atom. The van der Waals surface area contributed by atoms with Gasteiger partial charge in [0.05, 0.1) is 27.4 Å². The molecule has 0 saturated heterocycles. The van der Waals surface area contributed by atoms with Gasteiger partial charge in [-0.25, -0.2) is 9.97 Å². The van der Waals surface area contributed by atoms with Gasteiger partial charge < -0.3 is 4.90 Å². The summed E-state index contributed by atoms with van der Waals surface area (Å²) in [6, 6.07) is 11.8. The molecule has 2 aromatic heterocycles. The van der Waals surface area contributed by atoms with Gasteiger partial charge in [0.2, 0.25) is 0 Å². The van der Waals surface area contributed by atoms with Crippen molar-refractivity contribution >= 4 is 43.6 Å². The number of aryl methyl sites for hydroxylation is 2. The molecule has 0 fully saturated rings. The van der Waals surface area contributed by atoms with Crippen LogP contribution in [0.4, 0.5) is 5.13 Å². The van der Waals surface area contributed by atoms with Crippen LogP contribution in [0.3, 0.4) is 0 Å². The van der Waals surface area contributed by atoms with Crippen molar-refractivity contribution < 1.29 is 4.79 Å². The number of anilines is 1. The lowest BCUT2D eigenvalue weighted by Crippen LogP contribution is -2.39. The molecular formula is C24H27N5OS. The lowest BCUT2D eigenvalue weighted by Gasteiger charge is -2.24. The smallest absolute Gasteiger partial charge is 0.280 e. The minimum absolute atomic E-state index is 0.168. The average molecular weight is 434 g/mol. The minimum atomic E-state index is -0.168. The number of benzene rings is 2. The molecule has 2 heterocycles. The first kappa shape index (κ1) is 21.3. The number of carbonyl (C=O) groups excluding carboxylic acids is 1. The summed E-state index contributed by atoms with van der Waals surface area (Å²) in [6.07, 6.45) is 1.57. The maximum Gasteiger partial charge on any atom is 0.280 e. The van der Waals surface area contributed by atoms with Gasteiger partial charge in [-0.2, -0.15) is 0 Å². The molecule has 0 unspecified atom stereocenters. The van der Waals surface area contributed by atoms with E-state index in [0.29, 0.717) is 22.9 Å². The van der Waals surface area contributed by atoms with E-state index in [9.17, 15) is 4.79 Å². The van der Waals surface area contributed by atoms with Gasteiger partial charge in [-0.1, -0.05) is 43.4 Å². The van der Waals surface area contributed by atoms with Crippen molar-refractivity contribution in [1.82, 2.24) is 19.9 Å².